The first-order chi connectivity index (χ1) is 12.5. The van der Waals surface area contributed by atoms with Gasteiger partial charge in [0.15, 0.2) is 0 Å². The zero-order valence-electron chi connectivity index (χ0n) is 14.6. The summed E-state index contributed by atoms with van der Waals surface area (Å²) in [6.07, 6.45) is 2.77. The maximum Gasteiger partial charge on any atom is 0.263 e. The Morgan fingerprint density at radius 3 is 2.50 bits per heavy atom. The number of thiophene rings is 1. The summed E-state index contributed by atoms with van der Waals surface area (Å²) < 4.78 is 32.3. The molecule has 0 aliphatic carbocycles. The van der Waals surface area contributed by atoms with Crippen molar-refractivity contribution in [1.29, 1.82) is 0 Å². The number of nitrogens with zero attached hydrogens (tertiary/aromatic N) is 1. The molecule has 140 valence electrons. The molecule has 0 atom stereocenters. The average Bonchev–Trinajstić information content (AvgIpc) is 3.18. The van der Waals surface area contributed by atoms with Gasteiger partial charge in [-0.05, 0) is 42.0 Å². The van der Waals surface area contributed by atoms with Gasteiger partial charge in [0, 0.05) is 19.6 Å². The van der Waals surface area contributed by atoms with E-state index < -0.39 is 10.0 Å². The van der Waals surface area contributed by atoms with Gasteiger partial charge in [0.2, 0.25) is 10.0 Å². The molecule has 2 aromatic rings. The molecule has 1 fully saturated rings. The smallest absolute Gasteiger partial charge is 0.263 e. The fourth-order valence-corrected chi connectivity index (χ4v) is 5.75. The molecule has 8 heteroatoms. The minimum atomic E-state index is -3.62. The monoisotopic (exact) mass is 394 g/mol. The van der Waals surface area contributed by atoms with Crippen molar-refractivity contribution in [3.05, 3.63) is 46.2 Å². The Morgan fingerprint density at radius 2 is 1.85 bits per heavy atom. The van der Waals surface area contributed by atoms with E-state index in [1.807, 2.05) is 24.3 Å². The highest BCUT2D eigenvalue weighted by Crippen LogP contribution is 2.27. The van der Waals surface area contributed by atoms with Crippen molar-refractivity contribution >= 4 is 27.3 Å². The van der Waals surface area contributed by atoms with Crippen molar-refractivity contribution in [3.63, 3.8) is 0 Å². The topological polar surface area (TPSA) is 75.7 Å². The molecule has 0 spiro atoms. The van der Waals surface area contributed by atoms with Gasteiger partial charge in [-0.1, -0.05) is 18.6 Å². The van der Waals surface area contributed by atoms with Crippen molar-refractivity contribution in [3.8, 4) is 5.75 Å². The highest BCUT2D eigenvalue weighted by Gasteiger charge is 2.30. The lowest BCUT2D eigenvalue weighted by Gasteiger charge is -2.25. The minimum absolute atomic E-state index is 0.108. The fraction of sp³-hybridized carbons (Fsp3) is 0.389. The highest BCUT2D eigenvalue weighted by molar-refractivity contribution is 7.89. The number of carbonyl (C=O) groups excluding carboxylic acids is 1. The van der Waals surface area contributed by atoms with Crippen LogP contribution >= 0.6 is 11.3 Å². The molecule has 26 heavy (non-hydrogen) atoms. The number of benzene rings is 1. The SMILES string of the molecule is COc1ccc(CNC(=O)c2sccc2S(=O)(=O)N2CCCCC2)cc1. The second-order valence-electron chi connectivity index (χ2n) is 6.11. The third kappa shape index (κ3) is 4.08. The quantitative estimate of drug-likeness (QED) is 0.817. The van der Waals surface area contributed by atoms with Gasteiger partial charge in [0.1, 0.15) is 15.5 Å². The van der Waals surface area contributed by atoms with E-state index in [4.69, 9.17) is 4.74 Å². The molecular weight excluding hydrogens is 372 g/mol. The van der Waals surface area contributed by atoms with Gasteiger partial charge in [-0.2, -0.15) is 4.31 Å². The lowest BCUT2D eigenvalue weighted by Crippen LogP contribution is -2.36. The number of ether oxygens (including phenoxy) is 1. The number of nitrogens with one attached hydrogen (secondary N) is 1. The molecule has 1 aliphatic rings. The number of carbonyl (C=O) groups is 1. The second-order valence-corrected chi connectivity index (χ2v) is 8.93. The standard InChI is InChI=1S/C18H22N2O4S2/c1-24-15-7-5-14(6-8-15)13-19-18(21)17-16(9-12-25-17)26(22,23)20-10-3-2-4-11-20/h5-9,12H,2-4,10-11,13H2,1H3,(H,19,21). The maximum atomic E-state index is 12.9. The number of sulfonamides is 1. The van der Waals surface area contributed by atoms with Gasteiger partial charge in [-0.25, -0.2) is 8.42 Å². The van der Waals surface area contributed by atoms with Crippen LogP contribution < -0.4 is 10.1 Å². The van der Waals surface area contributed by atoms with E-state index in [-0.39, 0.29) is 15.7 Å². The van der Waals surface area contributed by atoms with E-state index in [1.54, 1.807) is 12.5 Å². The number of methoxy groups -OCH3 is 1. The lowest BCUT2D eigenvalue weighted by atomic mass is 10.2. The Bertz CT molecular complexity index is 854. The third-order valence-corrected chi connectivity index (χ3v) is 7.36. The molecule has 0 radical (unpaired) electrons. The normalized spacial score (nSPS) is 15.6. The first kappa shape index (κ1) is 18.9. The van der Waals surface area contributed by atoms with Crippen molar-refractivity contribution < 1.29 is 17.9 Å². The summed E-state index contributed by atoms with van der Waals surface area (Å²) in [5.74, 6) is 0.375. The van der Waals surface area contributed by atoms with E-state index in [0.717, 1.165) is 41.9 Å². The molecule has 1 aromatic heterocycles. The van der Waals surface area contributed by atoms with Crippen LogP contribution in [0.1, 0.15) is 34.5 Å². The van der Waals surface area contributed by atoms with Gasteiger partial charge in [0.25, 0.3) is 5.91 Å². The van der Waals surface area contributed by atoms with E-state index in [0.29, 0.717) is 19.6 Å². The molecule has 0 saturated carbocycles. The molecule has 1 saturated heterocycles. The van der Waals surface area contributed by atoms with Crippen LogP contribution in [0.3, 0.4) is 0 Å². The van der Waals surface area contributed by atoms with Crippen LogP contribution in [0.2, 0.25) is 0 Å². The molecular formula is C18H22N2O4S2. The van der Waals surface area contributed by atoms with Gasteiger partial charge in [-0.15, -0.1) is 11.3 Å². The number of hydrogen-bond acceptors (Lipinski definition) is 5. The summed E-state index contributed by atoms with van der Waals surface area (Å²) in [7, 11) is -2.02. The first-order valence-electron chi connectivity index (χ1n) is 8.51. The highest BCUT2D eigenvalue weighted by atomic mass is 32.2. The molecule has 1 N–H and O–H groups in total. The molecule has 0 bridgehead atoms. The number of hydrogen-bond donors (Lipinski definition) is 1. The second kappa shape index (κ2) is 8.20. The summed E-state index contributed by atoms with van der Waals surface area (Å²) in [4.78, 5) is 12.9. The summed E-state index contributed by atoms with van der Waals surface area (Å²) in [5, 5.41) is 4.45. The van der Waals surface area contributed by atoms with Crippen LogP contribution in [0.15, 0.2) is 40.6 Å². The van der Waals surface area contributed by atoms with Gasteiger partial charge >= 0.3 is 0 Å². The summed E-state index contributed by atoms with van der Waals surface area (Å²) in [5.41, 5.74) is 0.913. The van der Waals surface area contributed by atoms with E-state index in [9.17, 15) is 13.2 Å². The van der Waals surface area contributed by atoms with Crippen LogP contribution in [-0.4, -0.2) is 38.8 Å². The zero-order valence-corrected chi connectivity index (χ0v) is 16.2. The third-order valence-electron chi connectivity index (χ3n) is 4.38. The summed E-state index contributed by atoms with van der Waals surface area (Å²) in [6, 6.07) is 8.88. The number of amides is 1. The predicted octanol–water partition coefficient (Wildman–Crippen LogP) is 2.86. The summed E-state index contributed by atoms with van der Waals surface area (Å²) >= 11 is 1.15. The Balaban J connectivity index is 1.71. The number of piperidine rings is 1. The minimum Gasteiger partial charge on any atom is -0.497 e. The molecule has 1 aliphatic heterocycles. The Labute approximate surface area is 157 Å². The summed E-state index contributed by atoms with van der Waals surface area (Å²) in [6.45, 7) is 1.36. The average molecular weight is 395 g/mol. The predicted molar refractivity (Wildman–Crippen MR) is 101 cm³/mol. The van der Waals surface area contributed by atoms with Crippen LogP contribution in [0, 0.1) is 0 Å². The van der Waals surface area contributed by atoms with E-state index in [2.05, 4.69) is 5.32 Å². The van der Waals surface area contributed by atoms with Gasteiger partial charge < -0.3 is 10.1 Å². The first-order valence-corrected chi connectivity index (χ1v) is 10.8. The molecule has 1 aromatic carbocycles. The van der Waals surface area contributed by atoms with Crippen molar-refractivity contribution in [2.24, 2.45) is 0 Å². The van der Waals surface area contributed by atoms with Crippen LogP contribution in [0.25, 0.3) is 0 Å². The molecule has 0 unspecified atom stereocenters. The Hall–Kier alpha value is -1.90. The van der Waals surface area contributed by atoms with Crippen molar-refractivity contribution in [2.75, 3.05) is 20.2 Å². The Morgan fingerprint density at radius 1 is 1.15 bits per heavy atom. The largest absolute Gasteiger partial charge is 0.497 e. The van der Waals surface area contributed by atoms with E-state index >= 15 is 0 Å². The maximum absolute atomic E-state index is 12.9. The van der Waals surface area contributed by atoms with Gasteiger partial charge in [-0.3, -0.25) is 4.79 Å². The van der Waals surface area contributed by atoms with Crippen molar-refractivity contribution in [2.45, 2.75) is 30.7 Å². The van der Waals surface area contributed by atoms with E-state index in [1.165, 1.54) is 10.4 Å². The lowest BCUT2D eigenvalue weighted by molar-refractivity contribution is 0.0952. The molecule has 6 nitrogen and oxygen atoms in total. The van der Waals surface area contributed by atoms with Crippen molar-refractivity contribution in [1.82, 2.24) is 9.62 Å². The number of rotatable bonds is 6. The Kier molecular flexibility index (Phi) is 5.95. The van der Waals surface area contributed by atoms with Gasteiger partial charge in [0.05, 0.1) is 7.11 Å². The fourth-order valence-electron chi connectivity index (χ4n) is 2.92. The molecule has 2 heterocycles. The van der Waals surface area contributed by atoms with Crippen LogP contribution in [0.4, 0.5) is 0 Å². The molecule has 1 amide bonds. The van der Waals surface area contributed by atoms with Crippen LogP contribution in [0.5, 0.6) is 5.75 Å². The molecule has 3 rings (SSSR count). The zero-order chi connectivity index (χ0) is 18.6. The van der Waals surface area contributed by atoms with Crippen LogP contribution in [-0.2, 0) is 16.6 Å².